The molecule has 1 amide bonds. The van der Waals surface area contributed by atoms with Crippen LogP contribution in [0.5, 0.6) is 0 Å². The molecule has 2 unspecified atom stereocenters. The van der Waals surface area contributed by atoms with Crippen LogP contribution in [0.3, 0.4) is 0 Å². The van der Waals surface area contributed by atoms with Crippen LogP contribution in [0, 0.1) is 0 Å². The van der Waals surface area contributed by atoms with Gasteiger partial charge >= 0.3 is 5.97 Å². The SMILES string of the molecule is CCCCCCCCCCCCCCCCCCCCCCCC/C=C/C(O)C(CO)NC(=O)CCCCCCCCCCCCOC(=O)CCCCCCCCCCCCCCC. The van der Waals surface area contributed by atoms with Crippen molar-refractivity contribution in [2.75, 3.05) is 13.2 Å². The third-order valence-electron chi connectivity index (χ3n) is 13.6. The second kappa shape index (κ2) is 54.2. The average Bonchev–Trinajstić information content (AvgIpc) is 3.29. The van der Waals surface area contributed by atoms with Gasteiger partial charge in [-0.05, 0) is 32.1 Å². The van der Waals surface area contributed by atoms with Crippen molar-refractivity contribution in [2.24, 2.45) is 0 Å². The highest BCUT2D eigenvalue weighted by Gasteiger charge is 2.18. The minimum absolute atomic E-state index is 0.0183. The normalized spacial score (nSPS) is 12.6. The first kappa shape index (κ1) is 62.6. The van der Waals surface area contributed by atoms with Crippen LogP contribution in [0.15, 0.2) is 12.2 Å². The van der Waals surface area contributed by atoms with Crippen molar-refractivity contribution in [2.45, 2.75) is 334 Å². The number of amides is 1. The Hall–Kier alpha value is -1.40. The molecule has 0 saturated heterocycles. The molecule has 6 nitrogen and oxygen atoms in total. The van der Waals surface area contributed by atoms with Gasteiger partial charge in [-0.25, -0.2) is 0 Å². The summed E-state index contributed by atoms with van der Waals surface area (Å²) in [6, 6.07) is -0.644. The Morgan fingerprint density at radius 3 is 1.06 bits per heavy atom. The lowest BCUT2D eigenvalue weighted by Gasteiger charge is -2.20. The molecule has 380 valence electrons. The Morgan fingerprint density at radius 2 is 0.719 bits per heavy atom. The van der Waals surface area contributed by atoms with Gasteiger partial charge < -0.3 is 20.3 Å². The second-order valence-corrected chi connectivity index (χ2v) is 20.0. The van der Waals surface area contributed by atoms with E-state index in [9.17, 15) is 19.8 Å². The number of aliphatic hydroxyl groups excluding tert-OH is 2. The summed E-state index contributed by atoms with van der Waals surface area (Å²) in [5.74, 6) is -0.105. The van der Waals surface area contributed by atoms with E-state index in [2.05, 4.69) is 19.2 Å². The number of hydrogen-bond acceptors (Lipinski definition) is 5. The average molecular weight is 905 g/mol. The van der Waals surface area contributed by atoms with Crippen LogP contribution in [0.1, 0.15) is 322 Å². The van der Waals surface area contributed by atoms with E-state index in [1.165, 1.54) is 238 Å². The van der Waals surface area contributed by atoms with Crippen LogP contribution in [0.25, 0.3) is 0 Å². The zero-order valence-electron chi connectivity index (χ0n) is 43.3. The molecule has 0 rings (SSSR count). The number of hydrogen-bond donors (Lipinski definition) is 3. The minimum atomic E-state index is -0.859. The maximum absolute atomic E-state index is 12.5. The van der Waals surface area contributed by atoms with E-state index in [0.717, 1.165) is 57.8 Å². The topological polar surface area (TPSA) is 95.9 Å². The Labute approximate surface area is 399 Å². The molecule has 0 aromatic rings. The minimum Gasteiger partial charge on any atom is -0.466 e. The van der Waals surface area contributed by atoms with E-state index in [-0.39, 0.29) is 18.5 Å². The van der Waals surface area contributed by atoms with Crippen LogP contribution < -0.4 is 5.32 Å². The Balaban J connectivity index is 3.49. The van der Waals surface area contributed by atoms with Gasteiger partial charge in [-0.1, -0.05) is 289 Å². The molecule has 0 aliphatic carbocycles. The van der Waals surface area contributed by atoms with E-state index in [4.69, 9.17) is 4.74 Å². The molecule has 0 aromatic heterocycles. The van der Waals surface area contributed by atoms with Gasteiger partial charge in [0.25, 0.3) is 0 Å². The van der Waals surface area contributed by atoms with Crippen molar-refractivity contribution in [3.05, 3.63) is 12.2 Å². The molecular formula is C58H113NO5. The van der Waals surface area contributed by atoms with Crippen LogP contribution in [0.2, 0.25) is 0 Å². The summed E-state index contributed by atoms with van der Waals surface area (Å²) >= 11 is 0. The molecule has 0 fully saturated rings. The van der Waals surface area contributed by atoms with Crippen molar-refractivity contribution in [1.82, 2.24) is 5.32 Å². The Kier molecular flexibility index (Phi) is 53.0. The summed E-state index contributed by atoms with van der Waals surface area (Å²) in [4.78, 5) is 24.5. The summed E-state index contributed by atoms with van der Waals surface area (Å²) < 4.78 is 5.46. The van der Waals surface area contributed by atoms with Gasteiger partial charge in [0.1, 0.15) is 0 Å². The molecule has 6 heteroatoms. The summed E-state index contributed by atoms with van der Waals surface area (Å²) in [7, 11) is 0. The summed E-state index contributed by atoms with van der Waals surface area (Å²) in [6.45, 7) is 4.88. The highest BCUT2D eigenvalue weighted by Crippen LogP contribution is 2.17. The smallest absolute Gasteiger partial charge is 0.305 e. The molecule has 0 aliphatic heterocycles. The molecule has 2 atom stereocenters. The number of rotatable bonds is 54. The van der Waals surface area contributed by atoms with Gasteiger partial charge in [0, 0.05) is 12.8 Å². The van der Waals surface area contributed by atoms with Crippen LogP contribution in [0.4, 0.5) is 0 Å². The maximum Gasteiger partial charge on any atom is 0.305 e. The fourth-order valence-corrected chi connectivity index (χ4v) is 9.11. The van der Waals surface area contributed by atoms with E-state index in [1.807, 2.05) is 6.08 Å². The molecule has 0 radical (unpaired) electrons. The molecule has 0 aliphatic rings. The van der Waals surface area contributed by atoms with Gasteiger partial charge in [-0.3, -0.25) is 9.59 Å². The summed E-state index contributed by atoms with van der Waals surface area (Å²) in [5, 5.41) is 23.2. The summed E-state index contributed by atoms with van der Waals surface area (Å²) in [6.07, 6.45) is 63.7. The molecule has 3 N–H and O–H groups in total. The molecule has 0 bridgehead atoms. The fraction of sp³-hybridized carbons (Fsp3) is 0.931. The molecule has 64 heavy (non-hydrogen) atoms. The zero-order chi connectivity index (χ0) is 46.5. The largest absolute Gasteiger partial charge is 0.466 e. The van der Waals surface area contributed by atoms with Gasteiger partial charge in [0.2, 0.25) is 5.91 Å². The van der Waals surface area contributed by atoms with Crippen molar-refractivity contribution in [1.29, 1.82) is 0 Å². The number of aliphatic hydroxyl groups is 2. The van der Waals surface area contributed by atoms with Crippen molar-refractivity contribution in [3.8, 4) is 0 Å². The highest BCUT2D eigenvalue weighted by atomic mass is 16.5. The molecule has 0 saturated carbocycles. The highest BCUT2D eigenvalue weighted by molar-refractivity contribution is 5.76. The van der Waals surface area contributed by atoms with E-state index >= 15 is 0 Å². The number of nitrogens with one attached hydrogen (secondary N) is 1. The van der Waals surface area contributed by atoms with Crippen molar-refractivity contribution >= 4 is 11.9 Å². The predicted molar refractivity (Wildman–Crippen MR) is 278 cm³/mol. The van der Waals surface area contributed by atoms with E-state index < -0.39 is 12.1 Å². The Bertz CT molecular complexity index is 955. The third kappa shape index (κ3) is 50.0. The molecule has 0 aromatic carbocycles. The van der Waals surface area contributed by atoms with Crippen molar-refractivity contribution in [3.63, 3.8) is 0 Å². The standard InChI is InChI=1S/C58H113NO5/c1-3-5-7-9-11-13-15-17-18-19-20-21-22-23-24-25-26-27-29-30-34-38-42-46-50-56(61)55(54-60)59-57(62)51-47-43-39-35-32-33-37-41-45-49-53-64-58(63)52-48-44-40-36-31-28-16-14-12-10-8-6-4-2/h46,50,55-56,60-61H,3-45,47-49,51-54H2,1-2H3,(H,59,62)/b50-46+. The van der Waals surface area contributed by atoms with Crippen LogP contribution >= 0.6 is 0 Å². The lowest BCUT2D eigenvalue weighted by atomic mass is 10.0. The van der Waals surface area contributed by atoms with Crippen LogP contribution in [-0.2, 0) is 14.3 Å². The maximum atomic E-state index is 12.5. The second-order valence-electron chi connectivity index (χ2n) is 20.0. The van der Waals surface area contributed by atoms with E-state index in [0.29, 0.717) is 19.4 Å². The van der Waals surface area contributed by atoms with Gasteiger partial charge in [-0.15, -0.1) is 0 Å². The number of esters is 1. The first-order chi connectivity index (χ1) is 31.5. The molecule has 0 spiro atoms. The number of allylic oxidation sites excluding steroid dienone is 1. The quantitative estimate of drug-likeness (QED) is 0.0321. The number of unbranched alkanes of at least 4 members (excludes halogenated alkanes) is 43. The zero-order valence-corrected chi connectivity index (χ0v) is 43.3. The van der Waals surface area contributed by atoms with Gasteiger partial charge in [-0.2, -0.15) is 0 Å². The molecular weight excluding hydrogens is 791 g/mol. The molecule has 0 heterocycles. The number of carbonyl (C=O) groups is 2. The Morgan fingerprint density at radius 1 is 0.422 bits per heavy atom. The number of ether oxygens (including phenoxy) is 1. The monoisotopic (exact) mass is 904 g/mol. The van der Waals surface area contributed by atoms with Crippen molar-refractivity contribution < 1.29 is 24.5 Å². The lowest BCUT2D eigenvalue weighted by molar-refractivity contribution is -0.143. The summed E-state index contributed by atoms with van der Waals surface area (Å²) in [5.41, 5.74) is 0. The first-order valence-electron chi connectivity index (χ1n) is 29.0. The van der Waals surface area contributed by atoms with Gasteiger partial charge in [0.15, 0.2) is 0 Å². The fourth-order valence-electron chi connectivity index (χ4n) is 9.11. The van der Waals surface area contributed by atoms with Crippen LogP contribution in [-0.4, -0.2) is 47.4 Å². The van der Waals surface area contributed by atoms with Gasteiger partial charge in [0.05, 0.1) is 25.4 Å². The predicted octanol–water partition coefficient (Wildman–Crippen LogP) is 17.7. The van der Waals surface area contributed by atoms with E-state index in [1.54, 1.807) is 6.08 Å². The number of carbonyl (C=O) groups excluding carboxylic acids is 2. The third-order valence-corrected chi connectivity index (χ3v) is 13.6. The lowest BCUT2D eigenvalue weighted by Crippen LogP contribution is -2.45. The first-order valence-corrected chi connectivity index (χ1v) is 29.0.